The number of hydrogen-bond acceptors (Lipinski definition) is 9. The Balaban J connectivity index is 2.26. The van der Waals surface area contributed by atoms with Crippen LogP contribution in [0.1, 0.15) is 114 Å². The zero-order valence-corrected chi connectivity index (χ0v) is 27.6. The first kappa shape index (κ1) is 35.1. The molecule has 0 spiro atoms. The monoisotopic (exact) mass is 606 g/mol. The highest BCUT2D eigenvalue weighted by molar-refractivity contribution is 5.71. The second-order valence-electron chi connectivity index (χ2n) is 13.9. The summed E-state index contributed by atoms with van der Waals surface area (Å²) in [7, 11) is 0. The minimum atomic E-state index is -1.20. The molecule has 9 nitrogen and oxygen atoms in total. The van der Waals surface area contributed by atoms with Gasteiger partial charge in [0.05, 0.1) is 0 Å². The number of carbonyl (C=O) groups excluding carboxylic acids is 4. The second kappa shape index (κ2) is 14.1. The lowest BCUT2D eigenvalue weighted by Crippen LogP contribution is -2.61. The molecule has 3 aliphatic rings. The van der Waals surface area contributed by atoms with Gasteiger partial charge in [0.1, 0.15) is 24.4 Å². The zero-order valence-electron chi connectivity index (χ0n) is 27.6. The van der Waals surface area contributed by atoms with Crippen molar-refractivity contribution in [2.24, 2.45) is 34.5 Å². The molecule has 0 saturated heterocycles. The van der Waals surface area contributed by atoms with E-state index in [9.17, 15) is 24.3 Å². The van der Waals surface area contributed by atoms with Crippen molar-refractivity contribution in [2.75, 3.05) is 0 Å². The second-order valence-corrected chi connectivity index (χ2v) is 13.9. The summed E-state index contributed by atoms with van der Waals surface area (Å²) < 4.78 is 24.4. The summed E-state index contributed by atoms with van der Waals surface area (Å²) >= 11 is 0. The van der Waals surface area contributed by atoms with E-state index < -0.39 is 53.3 Å². The molecular formula is C34H54O9. The van der Waals surface area contributed by atoms with E-state index in [0.29, 0.717) is 44.1 Å². The predicted molar refractivity (Wildman–Crippen MR) is 160 cm³/mol. The summed E-state index contributed by atoms with van der Waals surface area (Å²) in [6.07, 6.45) is 1.22. The number of aliphatic hydroxyl groups excluding tert-OH is 1. The Morgan fingerprint density at radius 1 is 0.860 bits per heavy atom. The fourth-order valence-electron chi connectivity index (χ4n) is 8.25. The Morgan fingerprint density at radius 2 is 1.40 bits per heavy atom. The summed E-state index contributed by atoms with van der Waals surface area (Å²) in [6.45, 7) is 17.2. The van der Waals surface area contributed by atoms with Gasteiger partial charge in [0.2, 0.25) is 0 Å². The van der Waals surface area contributed by atoms with Crippen LogP contribution in [0.25, 0.3) is 0 Å². The maximum absolute atomic E-state index is 13.1. The molecule has 1 N–H and O–H groups in total. The third-order valence-corrected chi connectivity index (χ3v) is 10.2. The summed E-state index contributed by atoms with van der Waals surface area (Å²) in [5.74, 6) is -2.00. The van der Waals surface area contributed by atoms with Crippen molar-refractivity contribution in [3.8, 4) is 0 Å². The molecule has 43 heavy (non-hydrogen) atoms. The molecule has 3 aliphatic carbocycles. The molecule has 3 rings (SSSR count). The van der Waals surface area contributed by atoms with Gasteiger partial charge in [-0.1, -0.05) is 54.5 Å². The smallest absolute Gasteiger partial charge is 0.306 e. The lowest BCUT2D eigenvalue weighted by atomic mass is 9.49. The molecule has 244 valence electrons. The van der Waals surface area contributed by atoms with Crippen LogP contribution in [-0.2, 0) is 38.1 Å². The normalized spacial score (nSPS) is 37.0. The topological polar surface area (TPSA) is 125 Å². The highest BCUT2D eigenvalue weighted by Gasteiger charge is 2.69. The van der Waals surface area contributed by atoms with E-state index in [-0.39, 0.29) is 48.5 Å². The predicted octanol–water partition coefficient (Wildman–Crippen LogP) is 5.70. The number of allylic oxidation sites excluding steroid dienone is 1. The highest BCUT2D eigenvalue weighted by atomic mass is 16.6. The van der Waals surface area contributed by atoms with Gasteiger partial charge in [0, 0.05) is 42.9 Å². The molecule has 0 aromatic heterocycles. The van der Waals surface area contributed by atoms with Gasteiger partial charge in [0.25, 0.3) is 0 Å². The van der Waals surface area contributed by atoms with Gasteiger partial charge in [-0.3, -0.25) is 19.2 Å². The van der Waals surface area contributed by atoms with Crippen LogP contribution < -0.4 is 0 Å². The molecule has 0 bridgehead atoms. The Morgan fingerprint density at radius 3 is 1.91 bits per heavy atom. The molecular weight excluding hydrogens is 552 g/mol. The maximum atomic E-state index is 13.1. The van der Waals surface area contributed by atoms with Crippen molar-refractivity contribution in [3.05, 3.63) is 11.6 Å². The lowest BCUT2D eigenvalue weighted by Gasteiger charge is -2.57. The fourth-order valence-corrected chi connectivity index (χ4v) is 8.25. The van der Waals surface area contributed by atoms with E-state index in [4.69, 9.17) is 18.9 Å². The molecule has 2 saturated carbocycles. The van der Waals surface area contributed by atoms with E-state index in [1.54, 1.807) is 6.92 Å². The molecule has 10 atom stereocenters. The molecule has 0 aromatic rings. The maximum Gasteiger partial charge on any atom is 0.306 e. The SMILES string of the molecule is CCCC(=O)O[C@H]1C[C@]2(C)[C@H]([C@H]1C(C)C)[C@H]1C=C(C)[C@H](O)[C@H](OC(C)=O)[C@@H](OC(=O)CCC)[C@]1(C)C[C@@H]2OC(=O)CCC. The van der Waals surface area contributed by atoms with Crippen LogP contribution in [-0.4, -0.2) is 59.5 Å². The Bertz CT molecular complexity index is 1070. The number of carbonyl (C=O) groups is 4. The van der Waals surface area contributed by atoms with E-state index in [1.807, 2.05) is 33.8 Å². The van der Waals surface area contributed by atoms with Crippen molar-refractivity contribution in [3.63, 3.8) is 0 Å². The third-order valence-electron chi connectivity index (χ3n) is 10.2. The summed E-state index contributed by atoms with van der Waals surface area (Å²) in [5, 5.41) is 11.5. The Hall–Kier alpha value is -2.42. The zero-order chi connectivity index (χ0) is 32.3. The van der Waals surface area contributed by atoms with Gasteiger partial charge < -0.3 is 24.1 Å². The van der Waals surface area contributed by atoms with Gasteiger partial charge in [-0.05, 0) is 62.4 Å². The summed E-state index contributed by atoms with van der Waals surface area (Å²) in [4.78, 5) is 51.4. The minimum absolute atomic E-state index is 0.0960. The van der Waals surface area contributed by atoms with E-state index in [1.165, 1.54) is 6.92 Å². The summed E-state index contributed by atoms with van der Waals surface area (Å²) in [6, 6.07) is 0. The largest absolute Gasteiger partial charge is 0.462 e. The fraction of sp³-hybridized carbons (Fsp3) is 0.824. The van der Waals surface area contributed by atoms with Crippen LogP contribution in [0, 0.1) is 34.5 Å². The number of rotatable bonds is 11. The van der Waals surface area contributed by atoms with Crippen molar-refractivity contribution < 1.29 is 43.2 Å². The molecule has 0 unspecified atom stereocenters. The number of aliphatic hydroxyl groups is 1. The quantitative estimate of drug-likeness (QED) is 0.179. The number of fused-ring (bicyclic) bond motifs is 3. The highest BCUT2D eigenvalue weighted by Crippen LogP contribution is 2.67. The lowest BCUT2D eigenvalue weighted by molar-refractivity contribution is -0.215. The number of hydrogen-bond donors (Lipinski definition) is 1. The summed E-state index contributed by atoms with van der Waals surface area (Å²) in [5.41, 5.74) is -0.839. The van der Waals surface area contributed by atoms with Crippen LogP contribution in [0.2, 0.25) is 0 Å². The van der Waals surface area contributed by atoms with Crippen LogP contribution >= 0.6 is 0 Å². The van der Waals surface area contributed by atoms with Crippen molar-refractivity contribution >= 4 is 23.9 Å². The van der Waals surface area contributed by atoms with Gasteiger partial charge in [-0.25, -0.2) is 0 Å². The Kier molecular flexibility index (Phi) is 11.5. The van der Waals surface area contributed by atoms with Gasteiger partial charge in [-0.2, -0.15) is 0 Å². The average Bonchev–Trinajstić information content (AvgIpc) is 3.17. The van der Waals surface area contributed by atoms with Crippen molar-refractivity contribution in [2.45, 2.75) is 144 Å². The van der Waals surface area contributed by atoms with Gasteiger partial charge in [-0.15, -0.1) is 0 Å². The van der Waals surface area contributed by atoms with Gasteiger partial charge in [0.15, 0.2) is 6.10 Å². The molecule has 0 aliphatic heterocycles. The van der Waals surface area contributed by atoms with Crippen LogP contribution in [0.5, 0.6) is 0 Å². The Labute approximate surface area is 257 Å². The van der Waals surface area contributed by atoms with Crippen LogP contribution in [0.4, 0.5) is 0 Å². The van der Waals surface area contributed by atoms with Gasteiger partial charge >= 0.3 is 23.9 Å². The average molecular weight is 607 g/mol. The molecule has 2 fully saturated rings. The van der Waals surface area contributed by atoms with Crippen molar-refractivity contribution in [1.82, 2.24) is 0 Å². The van der Waals surface area contributed by atoms with E-state index in [0.717, 1.165) is 0 Å². The molecule has 9 heteroatoms. The molecule has 0 amide bonds. The van der Waals surface area contributed by atoms with E-state index in [2.05, 4.69) is 20.8 Å². The minimum Gasteiger partial charge on any atom is -0.462 e. The molecule has 0 radical (unpaired) electrons. The molecule has 0 heterocycles. The first-order valence-electron chi connectivity index (χ1n) is 16.3. The van der Waals surface area contributed by atoms with Crippen LogP contribution in [0.15, 0.2) is 11.6 Å². The standard InChI is InChI=1S/C34H54O9/c1-10-13-25(36)41-23-17-34(9)24(42-26(37)14-11-2)18-33(8)22(29(34)28(23)19(4)5)16-20(6)30(39)31(40-21(7)35)32(33)43-27(38)15-12-3/h16,19,22-24,28-32,39H,10-15,17-18H2,1-9H3/t22-,23+,24+,28+,29+,30+,31+,32-,33-,34+/m1/s1. The first-order valence-corrected chi connectivity index (χ1v) is 16.3. The molecule has 0 aromatic carbocycles. The van der Waals surface area contributed by atoms with Crippen LogP contribution in [0.3, 0.4) is 0 Å². The third kappa shape index (κ3) is 7.12. The van der Waals surface area contributed by atoms with Crippen molar-refractivity contribution in [1.29, 1.82) is 0 Å². The number of esters is 4. The number of ether oxygens (including phenoxy) is 4. The van der Waals surface area contributed by atoms with E-state index >= 15 is 0 Å². The first-order chi connectivity index (χ1) is 20.1.